The molecule has 1 N–H and O–H groups in total. The molecule has 1 heterocycles. The second-order valence-corrected chi connectivity index (χ2v) is 5.86. The molecule has 0 spiro atoms. The van der Waals surface area contributed by atoms with Gasteiger partial charge in [-0.1, -0.05) is 15.9 Å². The van der Waals surface area contributed by atoms with Gasteiger partial charge in [0, 0.05) is 17.6 Å². The predicted molar refractivity (Wildman–Crippen MR) is 78.0 cm³/mol. The van der Waals surface area contributed by atoms with Gasteiger partial charge < -0.3 is 15.0 Å². The number of methoxy groups -OCH3 is 1. The average molecular weight is 313 g/mol. The van der Waals surface area contributed by atoms with Gasteiger partial charge in [-0.25, -0.2) is 0 Å². The molecule has 0 radical (unpaired) electrons. The topological polar surface area (TPSA) is 24.5 Å². The lowest BCUT2D eigenvalue weighted by molar-refractivity contribution is 0.388. The quantitative estimate of drug-likeness (QED) is 0.904. The van der Waals surface area contributed by atoms with Gasteiger partial charge in [0.2, 0.25) is 0 Å². The van der Waals surface area contributed by atoms with Crippen LogP contribution in [0.15, 0.2) is 22.7 Å². The van der Waals surface area contributed by atoms with Crippen LogP contribution in [-0.4, -0.2) is 38.7 Å². The maximum Gasteiger partial charge on any atom is 0.119 e. The second kappa shape index (κ2) is 6.55. The first-order chi connectivity index (χ1) is 8.69. The van der Waals surface area contributed by atoms with Gasteiger partial charge in [0.15, 0.2) is 0 Å². The minimum atomic E-state index is 0.791. The maximum atomic E-state index is 5.25. The summed E-state index contributed by atoms with van der Waals surface area (Å²) in [5.74, 6) is 1.70. The molecule has 0 aliphatic carbocycles. The number of hydrogen-bond donors (Lipinski definition) is 1. The summed E-state index contributed by atoms with van der Waals surface area (Å²) in [6, 6.07) is 6.09. The zero-order valence-electron chi connectivity index (χ0n) is 11.1. The molecule has 4 heteroatoms. The number of rotatable bonds is 5. The third kappa shape index (κ3) is 3.70. The van der Waals surface area contributed by atoms with E-state index in [1.807, 2.05) is 12.1 Å². The fraction of sp³-hybridized carbons (Fsp3) is 0.571. The van der Waals surface area contributed by atoms with E-state index in [0.29, 0.717) is 0 Å². The Bertz CT molecular complexity index is 397. The second-order valence-electron chi connectivity index (χ2n) is 5.01. The fourth-order valence-corrected chi connectivity index (χ4v) is 2.80. The SMILES string of the molecule is COc1ccc(Br)c(CNCC2CCN(C)C2)c1. The molecule has 1 aromatic rings. The summed E-state index contributed by atoms with van der Waals surface area (Å²) in [4.78, 5) is 2.40. The number of likely N-dealkylation sites (tertiary alicyclic amines) is 1. The number of nitrogens with zero attached hydrogens (tertiary/aromatic N) is 1. The lowest BCUT2D eigenvalue weighted by atomic mass is 10.1. The van der Waals surface area contributed by atoms with Crippen molar-refractivity contribution in [3.05, 3.63) is 28.2 Å². The summed E-state index contributed by atoms with van der Waals surface area (Å²) in [5, 5.41) is 3.54. The Morgan fingerprint density at radius 2 is 2.33 bits per heavy atom. The van der Waals surface area contributed by atoms with E-state index < -0.39 is 0 Å². The number of nitrogens with one attached hydrogen (secondary N) is 1. The van der Waals surface area contributed by atoms with Crippen LogP contribution in [0.2, 0.25) is 0 Å². The molecule has 2 rings (SSSR count). The van der Waals surface area contributed by atoms with E-state index in [4.69, 9.17) is 4.74 Å². The lowest BCUT2D eigenvalue weighted by Crippen LogP contribution is -2.24. The zero-order chi connectivity index (χ0) is 13.0. The van der Waals surface area contributed by atoms with E-state index in [-0.39, 0.29) is 0 Å². The summed E-state index contributed by atoms with van der Waals surface area (Å²) in [7, 11) is 3.90. The van der Waals surface area contributed by atoms with Crippen molar-refractivity contribution in [3.8, 4) is 5.75 Å². The smallest absolute Gasteiger partial charge is 0.119 e. The van der Waals surface area contributed by atoms with Crippen molar-refractivity contribution in [2.24, 2.45) is 5.92 Å². The van der Waals surface area contributed by atoms with Crippen molar-refractivity contribution in [2.45, 2.75) is 13.0 Å². The summed E-state index contributed by atoms with van der Waals surface area (Å²) < 4.78 is 6.39. The van der Waals surface area contributed by atoms with Crippen LogP contribution in [-0.2, 0) is 6.54 Å². The zero-order valence-corrected chi connectivity index (χ0v) is 12.7. The standard InChI is InChI=1S/C14H21BrN2O/c1-17-6-5-11(10-17)8-16-9-12-7-13(18-2)3-4-14(12)15/h3-4,7,11,16H,5-6,8-10H2,1-2H3. The van der Waals surface area contributed by atoms with Crippen LogP contribution in [0, 0.1) is 5.92 Å². The first kappa shape index (κ1) is 13.8. The minimum Gasteiger partial charge on any atom is -0.497 e. The number of ether oxygens (including phenoxy) is 1. The van der Waals surface area contributed by atoms with Gasteiger partial charge >= 0.3 is 0 Å². The molecule has 18 heavy (non-hydrogen) atoms. The first-order valence-electron chi connectivity index (χ1n) is 6.40. The molecule has 1 saturated heterocycles. The summed E-state index contributed by atoms with van der Waals surface area (Å²) in [6.07, 6.45) is 1.31. The Morgan fingerprint density at radius 3 is 3.00 bits per heavy atom. The number of halogens is 1. The van der Waals surface area contributed by atoms with Gasteiger partial charge in [-0.05, 0) is 56.2 Å². The van der Waals surface area contributed by atoms with Gasteiger partial charge in [-0.3, -0.25) is 0 Å². The Labute approximate surface area is 118 Å². The van der Waals surface area contributed by atoms with Crippen molar-refractivity contribution >= 4 is 15.9 Å². The Morgan fingerprint density at radius 1 is 1.50 bits per heavy atom. The molecular weight excluding hydrogens is 292 g/mol. The molecule has 1 atom stereocenters. The van der Waals surface area contributed by atoms with E-state index in [0.717, 1.165) is 29.2 Å². The van der Waals surface area contributed by atoms with Crippen LogP contribution in [0.25, 0.3) is 0 Å². The van der Waals surface area contributed by atoms with E-state index in [9.17, 15) is 0 Å². The van der Waals surface area contributed by atoms with Crippen LogP contribution < -0.4 is 10.1 Å². The lowest BCUT2D eigenvalue weighted by Gasteiger charge is -2.13. The van der Waals surface area contributed by atoms with E-state index in [1.165, 1.54) is 25.1 Å². The van der Waals surface area contributed by atoms with Gasteiger partial charge in [0.1, 0.15) is 5.75 Å². The minimum absolute atomic E-state index is 0.791. The molecule has 0 bridgehead atoms. The molecule has 0 amide bonds. The molecule has 1 aliphatic heterocycles. The highest BCUT2D eigenvalue weighted by molar-refractivity contribution is 9.10. The molecule has 1 aliphatic rings. The molecule has 0 saturated carbocycles. The van der Waals surface area contributed by atoms with Gasteiger partial charge in [-0.15, -0.1) is 0 Å². The van der Waals surface area contributed by atoms with Crippen molar-refractivity contribution in [1.29, 1.82) is 0 Å². The van der Waals surface area contributed by atoms with Gasteiger partial charge in [0.05, 0.1) is 7.11 Å². The van der Waals surface area contributed by atoms with Crippen LogP contribution in [0.4, 0.5) is 0 Å². The monoisotopic (exact) mass is 312 g/mol. The molecule has 3 nitrogen and oxygen atoms in total. The Hall–Kier alpha value is -0.580. The van der Waals surface area contributed by atoms with Crippen LogP contribution in [0.5, 0.6) is 5.75 Å². The third-order valence-electron chi connectivity index (χ3n) is 3.49. The molecule has 0 aromatic heterocycles. The highest BCUT2D eigenvalue weighted by Gasteiger charge is 2.18. The van der Waals surface area contributed by atoms with Gasteiger partial charge in [0.25, 0.3) is 0 Å². The van der Waals surface area contributed by atoms with E-state index in [2.05, 4.69) is 39.3 Å². The third-order valence-corrected chi connectivity index (χ3v) is 4.26. The van der Waals surface area contributed by atoms with Crippen LogP contribution in [0.3, 0.4) is 0 Å². The van der Waals surface area contributed by atoms with Crippen molar-refractivity contribution in [2.75, 3.05) is 33.8 Å². The van der Waals surface area contributed by atoms with Crippen molar-refractivity contribution < 1.29 is 4.74 Å². The normalized spacial score (nSPS) is 20.3. The average Bonchev–Trinajstić information content (AvgIpc) is 2.77. The van der Waals surface area contributed by atoms with Gasteiger partial charge in [-0.2, -0.15) is 0 Å². The highest BCUT2D eigenvalue weighted by Crippen LogP contribution is 2.22. The van der Waals surface area contributed by atoms with E-state index >= 15 is 0 Å². The molecule has 1 unspecified atom stereocenters. The highest BCUT2D eigenvalue weighted by atomic mass is 79.9. The number of benzene rings is 1. The fourth-order valence-electron chi connectivity index (χ4n) is 2.42. The summed E-state index contributed by atoms with van der Waals surface area (Å²) >= 11 is 3.58. The van der Waals surface area contributed by atoms with Crippen molar-refractivity contribution in [3.63, 3.8) is 0 Å². The first-order valence-corrected chi connectivity index (χ1v) is 7.20. The maximum absolute atomic E-state index is 5.25. The largest absolute Gasteiger partial charge is 0.497 e. The van der Waals surface area contributed by atoms with E-state index in [1.54, 1.807) is 7.11 Å². The summed E-state index contributed by atoms with van der Waals surface area (Å²) in [6.45, 7) is 4.42. The van der Waals surface area contributed by atoms with Crippen molar-refractivity contribution in [1.82, 2.24) is 10.2 Å². The Balaban J connectivity index is 1.82. The van der Waals surface area contributed by atoms with Crippen LogP contribution >= 0.6 is 15.9 Å². The summed E-state index contributed by atoms with van der Waals surface area (Å²) in [5.41, 5.74) is 1.25. The molecule has 100 valence electrons. The molecule has 1 fully saturated rings. The molecular formula is C14H21BrN2O. The predicted octanol–water partition coefficient (Wildman–Crippen LogP) is 2.50. The molecule has 1 aromatic carbocycles. The number of hydrogen-bond acceptors (Lipinski definition) is 3. The van der Waals surface area contributed by atoms with Crippen LogP contribution in [0.1, 0.15) is 12.0 Å². The Kier molecular flexibility index (Phi) is 5.03.